The van der Waals surface area contributed by atoms with Gasteiger partial charge in [-0.2, -0.15) is 4.98 Å². The van der Waals surface area contributed by atoms with Crippen molar-refractivity contribution in [2.45, 2.75) is 38.0 Å². The van der Waals surface area contributed by atoms with Crippen molar-refractivity contribution in [2.24, 2.45) is 0 Å². The van der Waals surface area contributed by atoms with Crippen molar-refractivity contribution >= 4 is 34.5 Å². The van der Waals surface area contributed by atoms with Gasteiger partial charge in [0.1, 0.15) is 17.3 Å². The van der Waals surface area contributed by atoms with Crippen molar-refractivity contribution in [2.75, 3.05) is 63.0 Å². The molecule has 1 aliphatic carbocycles. The van der Waals surface area contributed by atoms with Gasteiger partial charge >= 0.3 is 0 Å². The Kier molecular flexibility index (Phi) is 7.26. The number of anilines is 5. The Morgan fingerprint density at radius 2 is 1.90 bits per heavy atom. The Labute approximate surface area is 229 Å². The average molecular weight is 533 g/mol. The molecule has 2 aliphatic rings. The van der Waals surface area contributed by atoms with Crippen molar-refractivity contribution in [3.8, 4) is 5.75 Å². The quantitative estimate of drug-likeness (QED) is 0.304. The Morgan fingerprint density at radius 3 is 2.59 bits per heavy atom. The Bertz CT molecular complexity index is 1370. The van der Waals surface area contributed by atoms with Gasteiger partial charge < -0.3 is 24.8 Å². The van der Waals surface area contributed by atoms with Crippen LogP contribution in [0.15, 0.2) is 36.5 Å². The maximum absolute atomic E-state index is 12.0. The molecule has 5 rings (SSSR count). The van der Waals surface area contributed by atoms with Crippen molar-refractivity contribution in [1.82, 2.24) is 19.9 Å². The molecule has 1 spiro atoms. The van der Waals surface area contributed by atoms with Gasteiger partial charge in [0.25, 0.3) is 5.69 Å². The lowest BCUT2D eigenvalue weighted by atomic mass is 9.84. The van der Waals surface area contributed by atoms with E-state index in [0.29, 0.717) is 29.6 Å². The van der Waals surface area contributed by atoms with Crippen LogP contribution >= 0.6 is 0 Å². The molecular formula is C28H36N8O3. The van der Waals surface area contributed by atoms with Gasteiger partial charge in [-0.15, -0.1) is 0 Å². The molecule has 1 aromatic carbocycles. The number of aromatic nitrogens is 3. The number of nitro groups is 1. The van der Waals surface area contributed by atoms with Crippen LogP contribution in [0.4, 0.5) is 34.5 Å². The highest BCUT2D eigenvalue weighted by atomic mass is 16.6. The fourth-order valence-corrected chi connectivity index (χ4v) is 5.70. The van der Waals surface area contributed by atoms with Crippen molar-refractivity contribution in [1.29, 1.82) is 0 Å². The molecule has 1 saturated carbocycles. The van der Waals surface area contributed by atoms with Crippen LogP contribution in [0.5, 0.6) is 5.75 Å². The molecule has 11 heteroatoms. The number of nitrogens with one attached hydrogen (secondary N) is 1. The molecule has 206 valence electrons. The summed E-state index contributed by atoms with van der Waals surface area (Å²) >= 11 is 0. The van der Waals surface area contributed by atoms with Gasteiger partial charge in [0, 0.05) is 56.1 Å². The first-order valence-corrected chi connectivity index (χ1v) is 13.3. The number of nitro benzene ring substituents is 1. The second-order valence-corrected chi connectivity index (χ2v) is 10.8. The van der Waals surface area contributed by atoms with Crippen LogP contribution in [-0.2, 0) is 5.41 Å². The molecule has 1 aliphatic heterocycles. The summed E-state index contributed by atoms with van der Waals surface area (Å²) in [6, 6.07) is 9.25. The summed E-state index contributed by atoms with van der Waals surface area (Å²) in [6.45, 7) is 4.25. The maximum atomic E-state index is 12.0. The van der Waals surface area contributed by atoms with Gasteiger partial charge in [-0.25, -0.2) is 4.98 Å². The number of likely N-dealkylation sites (N-methyl/N-ethyl adjacent to an activating group) is 2. The van der Waals surface area contributed by atoms with Crippen molar-refractivity contribution < 1.29 is 9.66 Å². The summed E-state index contributed by atoms with van der Waals surface area (Å²) in [7, 11) is 7.32. The standard InChI is InChI=1S/C28H36N8O3/c1-19-8-9-21-26(30-19)28(11-6-7-12-28)18-35(21)25-10-13-29-27(32-25)31-20-16-23(36(37)38)22(17-24(20)39-5)34(4)15-14-33(2)3/h8-10,13,16-17H,6-7,11-12,14-15,18H2,1-5H3,(H,29,31,32). The van der Waals surface area contributed by atoms with E-state index in [1.807, 2.05) is 50.0 Å². The molecule has 11 nitrogen and oxygen atoms in total. The van der Waals surface area contributed by atoms with E-state index < -0.39 is 0 Å². The second-order valence-electron chi connectivity index (χ2n) is 10.8. The summed E-state index contributed by atoms with van der Waals surface area (Å²) in [4.78, 5) is 32.0. The minimum atomic E-state index is -0.374. The fraction of sp³-hybridized carbons (Fsp3) is 0.464. The van der Waals surface area contributed by atoms with Crippen LogP contribution in [0, 0.1) is 17.0 Å². The molecule has 3 aromatic rings. The van der Waals surface area contributed by atoms with E-state index in [1.165, 1.54) is 24.6 Å². The van der Waals surface area contributed by atoms with E-state index in [-0.39, 0.29) is 16.0 Å². The van der Waals surface area contributed by atoms with Gasteiger partial charge in [-0.1, -0.05) is 12.8 Å². The van der Waals surface area contributed by atoms with E-state index >= 15 is 0 Å². The molecule has 1 fully saturated rings. The first-order valence-electron chi connectivity index (χ1n) is 13.3. The lowest BCUT2D eigenvalue weighted by Gasteiger charge is -2.24. The normalized spacial score (nSPS) is 15.6. The minimum Gasteiger partial charge on any atom is -0.494 e. The number of fused-ring (bicyclic) bond motifs is 2. The molecule has 2 aromatic heterocycles. The van der Waals surface area contributed by atoms with Crippen LogP contribution < -0.4 is 19.9 Å². The number of methoxy groups -OCH3 is 1. The summed E-state index contributed by atoms with van der Waals surface area (Å²) in [6.07, 6.45) is 6.37. The zero-order valence-electron chi connectivity index (χ0n) is 23.3. The molecule has 39 heavy (non-hydrogen) atoms. The third kappa shape index (κ3) is 5.18. The number of pyridine rings is 1. The van der Waals surface area contributed by atoms with E-state index in [9.17, 15) is 10.1 Å². The summed E-state index contributed by atoms with van der Waals surface area (Å²) in [5.41, 5.74) is 4.22. The van der Waals surface area contributed by atoms with Crippen LogP contribution in [0.1, 0.15) is 37.1 Å². The molecule has 0 amide bonds. The number of hydrogen-bond donors (Lipinski definition) is 1. The average Bonchev–Trinajstić information content (AvgIpc) is 3.52. The molecule has 0 bridgehead atoms. The highest BCUT2D eigenvalue weighted by Crippen LogP contribution is 2.51. The van der Waals surface area contributed by atoms with Crippen LogP contribution in [-0.4, -0.2) is 72.7 Å². The van der Waals surface area contributed by atoms with Gasteiger partial charge in [0.05, 0.1) is 29.1 Å². The predicted molar refractivity (Wildman–Crippen MR) is 153 cm³/mol. The van der Waals surface area contributed by atoms with E-state index in [0.717, 1.165) is 43.1 Å². The zero-order chi connectivity index (χ0) is 27.7. The van der Waals surface area contributed by atoms with Crippen LogP contribution in [0.2, 0.25) is 0 Å². The second kappa shape index (κ2) is 10.6. The van der Waals surface area contributed by atoms with Gasteiger partial charge in [0.2, 0.25) is 5.95 Å². The molecular weight excluding hydrogens is 496 g/mol. The van der Waals surface area contributed by atoms with Gasteiger partial charge in [0.15, 0.2) is 0 Å². The Hall–Kier alpha value is -3.99. The zero-order valence-corrected chi connectivity index (χ0v) is 23.3. The number of benzene rings is 1. The number of rotatable bonds is 9. The smallest absolute Gasteiger partial charge is 0.294 e. The molecule has 3 heterocycles. The predicted octanol–water partition coefficient (Wildman–Crippen LogP) is 4.80. The van der Waals surface area contributed by atoms with E-state index in [4.69, 9.17) is 14.7 Å². The van der Waals surface area contributed by atoms with Gasteiger partial charge in [-0.05, 0) is 52.1 Å². The molecule has 0 unspecified atom stereocenters. The van der Waals surface area contributed by atoms with E-state index in [1.54, 1.807) is 19.4 Å². The molecule has 0 radical (unpaired) electrons. The van der Waals surface area contributed by atoms with Crippen molar-refractivity contribution in [3.63, 3.8) is 0 Å². The summed E-state index contributed by atoms with van der Waals surface area (Å²) < 4.78 is 5.62. The summed E-state index contributed by atoms with van der Waals surface area (Å²) in [5, 5.41) is 15.2. The largest absolute Gasteiger partial charge is 0.494 e. The third-order valence-electron chi connectivity index (χ3n) is 7.78. The number of nitrogens with zero attached hydrogens (tertiary/aromatic N) is 7. The highest BCUT2D eigenvalue weighted by Gasteiger charge is 2.46. The number of ether oxygens (including phenoxy) is 1. The molecule has 1 N–H and O–H groups in total. The van der Waals surface area contributed by atoms with Crippen molar-refractivity contribution in [3.05, 3.63) is 58.0 Å². The summed E-state index contributed by atoms with van der Waals surface area (Å²) in [5.74, 6) is 1.57. The number of hydrogen-bond acceptors (Lipinski definition) is 10. The monoisotopic (exact) mass is 532 g/mol. The first-order chi connectivity index (χ1) is 18.7. The lowest BCUT2D eigenvalue weighted by Crippen LogP contribution is -2.29. The molecule has 0 atom stereocenters. The Balaban J connectivity index is 1.46. The van der Waals surface area contributed by atoms with Crippen LogP contribution in [0.3, 0.4) is 0 Å². The molecule has 0 saturated heterocycles. The topological polar surface area (TPSA) is 113 Å². The highest BCUT2D eigenvalue weighted by molar-refractivity contribution is 5.77. The first kappa shape index (κ1) is 26.6. The lowest BCUT2D eigenvalue weighted by molar-refractivity contribution is -0.384. The number of aryl methyl sites for hydroxylation is 1. The fourth-order valence-electron chi connectivity index (χ4n) is 5.70. The Morgan fingerprint density at radius 1 is 1.13 bits per heavy atom. The maximum Gasteiger partial charge on any atom is 0.294 e. The van der Waals surface area contributed by atoms with Gasteiger partial charge in [-0.3, -0.25) is 15.1 Å². The van der Waals surface area contributed by atoms with E-state index in [2.05, 4.69) is 21.3 Å². The minimum absolute atomic E-state index is 0.0196. The van der Waals surface area contributed by atoms with Crippen LogP contribution in [0.25, 0.3) is 0 Å². The third-order valence-corrected chi connectivity index (χ3v) is 7.78. The SMILES string of the molecule is COc1cc(N(C)CCN(C)C)c([N+](=O)[O-])cc1Nc1nccc(N2CC3(CCCC3)c3nc(C)ccc32)n1.